The quantitative estimate of drug-likeness (QED) is 0.892. The second kappa shape index (κ2) is 6.27. The third kappa shape index (κ3) is 2.93. The van der Waals surface area contributed by atoms with E-state index in [1.165, 1.54) is 5.56 Å². The van der Waals surface area contributed by atoms with Crippen LogP contribution in [0.25, 0.3) is 0 Å². The van der Waals surface area contributed by atoms with Gasteiger partial charge in [-0.15, -0.1) is 0 Å². The first-order valence-electron chi connectivity index (χ1n) is 7.40. The predicted molar refractivity (Wildman–Crippen MR) is 83.1 cm³/mol. The van der Waals surface area contributed by atoms with Gasteiger partial charge in [-0.25, -0.2) is 4.39 Å². The van der Waals surface area contributed by atoms with E-state index >= 15 is 0 Å². The number of benzene rings is 2. The van der Waals surface area contributed by atoms with Crippen LogP contribution in [0.2, 0.25) is 0 Å². The molecule has 2 aromatic rings. The van der Waals surface area contributed by atoms with Crippen molar-refractivity contribution >= 4 is 5.69 Å². The minimum atomic E-state index is -0.0792. The topological polar surface area (TPSA) is 21.3 Å². The van der Waals surface area contributed by atoms with E-state index in [9.17, 15) is 4.39 Å². The van der Waals surface area contributed by atoms with Crippen LogP contribution in [-0.4, -0.2) is 13.7 Å². The Morgan fingerprint density at radius 1 is 1.19 bits per heavy atom. The van der Waals surface area contributed by atoms with Gasteiger partial charge in [0.05, 0.1) is 12.6 Å². The SMILES string of the molecule is COCCc1ccccc1NC1CCc2c(F)cccc21. The van der Waals surface area contributed by atoms with E-state index < -0.39 is 0 Å². The van der Waals surface area contributed by atoms with Crippen molar-refractivity contribution in [1.29, 1.82) is 0 Å². The Bertz CT molecular complexity index is 626. The smallest absolute Gasteiger partial charge is 0.126 e. The van der Waals surface area contributed by atoms with Crippen molar-refractivity contribution in [3.63, 3.8) is 0 Å². The first-order chi connectivity index (χ1) is 10.3. The molecule has 2 aromatic carbocycles. The van der Waals surface area contributed by atoms with E-state index in [4.69, 9.17) is 4.74 Å². The molecule has 0 spiro atoms. The van der Waals surface area contributed by atoms with Gasteiger partial charge in [-0.2, -0.15) is 0 Å². The minimum Gasteiger partial charge on any atom is -0.384 e. The lowest BCUT2D eigenvalue weighted by Crippen LogP contribution is -2.10. The van der Waals surface area contributed by atoms with Gasteiger partial charge in [0.25, 0.3) is 0 Å². The summed E-state index contributed by atoms with van der Waals surface area (Å²) < 4.78 is 19.0. The summed E-state index contributed by atoms with van der Waals surface area (Å²) >= 11 is 0. The van der Waals surface area contributed by atoms with Gasteiger partial charge in [0.15, 0.2) is 0 Å². The molecule has 0 saturated carbocycles. The van der Waals surface area contributed by atoms with Crippen LogP contribution < -0.4 is 5.32 Å². The van der Waals surface area contributed by atoms with Gasteiger partial charge in [0, 0.05) is 12.8 Å². The normalized spacial score (nSPS) is 16.8. The number of hydrogen-bond acceptors (Lipinski definition) is 2. The molecule has 2 nitrogen and oxygen atoms in total. The van der Waals surface area contributed by atoms with Crippen LogP contribution in [0.1, 0.15) is 29.2 Å². The molecule has 110 valence electrons. The zero-order chi connectivity index (χ0) is 14.7. The maximum atomic E-state index is 13.8. The average Bonchev–Trinajstić information content (AvgIpc) is 2.91. The Hall–Kier alpha value is -1.87. The molecule has 21 heavy (non-hydrogen) atoms. The standard InChI is InChI=1S/C18H20FNO/c1-21-12-11-13-5-2-3-8-17(13)20-18-10-9-14-15(18)6-4-7-16(14)19/h2-8,18,20H,9-12H2,1H3. The third-order valence-electron chi connectivity index (χ3n) is 4.14. The molecule has 0 heterocycles. The third-order valence-corrected chi connectivity index (χ3v) is 4.14. The Morgan fingerprint density at radius 3 is 2.90 bits per heavy atom. The molecule has 1 aliphatic carbocycles. The fraction of sp³-hybridized carbons (Fsp3) is 0.333. The highest BCUT2D eigenvalue weighted by Crippen LogP contribution is 2.35. The van der Waals surface area contributed by atoms with Crippen molar-refractivity contribution in [3.8, 4) is 0 Å². The summed E-state index contributed by atoms with van der Waals surface area (Å²) in [6.45, 7) is 0.703. The van der Waals surface area contributed by atoms with Crippen molar-refractivity contribution in [2.45, 2.75) is 25.3 Å². The number of para-hydroxylation sites is 1. The van der Waals surface area contributed by atoms with E-state index in [2.05, 4.69) is 17.4 Å². The molecule has 0 radical (unpaired) electrons. The van der Waals surface area contributed by atoms with Gasteiger partial charge in [0.1, 0.15) is 5.82 Å². The Balaban J connectivity index is 1.82. The first kappa shape index (κ1) is 14.1. The Kier molecular flexibility index (Phi) is 4.20. The van der Waals surface area contributed by atoms with E-state index in [1.54, 1.807) is 19.2 Å². The van der Waals surface area contributed by atoms with Gasteiger partial charge in [-0.1, -0.05) is 30.3 Å². The summed E-state index contributed by atoms with van der Waals surface area (Å²) in [6, 6.07) is 13.8. The molecule has 0 amide bonds. The maximum Gasteiger partial charge on any atom is 0.126 e. The molecule has 1 unspecified atom stereocenters. The lowest BCUT2D eigenvalue weighted by atomic mass is 10.1. The average molecular weight is 285 g/mol. The number of methoxy groups -OCH3 is 1. The molecule has 0 aliphatic heterocycles. The Labute approximate surface area is 125 Å². The van der Waals surface area contributed by atoms with Crippen molar-refractivity contribution in [2.75, 3.05) is 19.0 Å². The molecule has 3 rings (SSSR count). The summed E-state index contributed by atoms with van der Waals surface area (Å²) in [5.41, 5.74) is 4.32. The molecule has 0 fully saturated rings. The lowest BCUT2D eigenvalue weighted by Gasteiger charge is -2.18. The second-order valence-corrected chi connectivity index (χ2v) is 5.44. The van der Waals surface area contributed by atoms with Gasteiger partial charge < -0.3 is 10.1 Å². The molecule has 1 N–H and O–H groups in total. The fourth-order valence-corrected chi connectivity index (χ4v) is 3.04. The maximum absolute atomic E-state index is 13.8. The van der Waals surface area contributed by atoms with Crippen LogP contribution in [-0.2, 0) is 17.6 Å². The summed E-state index contributed by atoms with van der Waals surface area (Å²) in [4.78, 5) is 0. The van der Waals surface area contributed by atoms with Crippen LogP contribution in [0.5, 0.6) is 0 Å². The Morgan fingerprint density at radius 2 is 2.05 bits per heavy atom. The highest BCUT2D eigenvalue weighted by Gasteiger charge is 2.25. The highest BCUT2D eigenvalue weighted by atomic mass is 19.1. The summed E-state index contributed by atoms with van der Waals surface area (Å²) in [5, 5.41) is 3.58. The monoisotopic (exact) mass is 285 g/mol. The van der Waals surface area contributed by atoms with Crippen molar-refractivity contribution in [1.82, 2.24) is 0 Å². The van der Waals surface area contributed by atoms with Gasteiger partial charge >= 0.3 is 0 Å². The van der Waals surface area contributed by atoms with E-state index in [0.717, 1.165) is 36.1 Å². The molecule has 0 saturated heterocycles. The second-order valence-electron chi connectivity index (χ2n) is 5.44. The summed E-state index contributed by atoms with van der Waals surface area (Å²) in [7, 11) is 1.71. The largest absolute Gasteiger partial charge is 0.384 e. The number of rotatable bonds is 5. The van der Waals surface area contributed by atoms with Crippen molar-refractivity contribution in [2.24, 2.45) is 0 Å². The number of nitrogens with one attached hydrogen (secondary N) is 1. The van der Waals surface area contributed by atoms with Crippen molar-refractivity contribution in [3.05, 3.63) is 65.0 Å². The number of hydrogen-bond donors (Lipinski definition) is 1. The van der Waals surface area contributed by atoms with Crippen molar-refractivity contribution < 1.29 is 9.13 Å². The molecule has 1 aliphatic rings. The predicted octanol–water partition coefficient (Wildman–Crippen LogP) is 4.11. The molecular formula is C18H20FNO. The fourth-order valence-electron chi connectivity index (χ4n) is 3.04. The molecule has 0 bridgehead atoms. The number of anilines is 1. The van der Waals surface area contributed by atoms with E-state index in [1.807, 2.05) is 18.2 Å². The van der Waals surface area contributed by atoms with Crippen LogP contribution in [0.4, 0.5) is 10.1 Å². The van der Waals surface area contributed by atoms with Crippen LogP contribution in [0.3, 0.4) is 0 Å². The molecule has 1 atom stereocenters. The number of ether oxygens (including phenoxy) is 1. The number of fused-ring (bicyclic) bond motifs is 1. The zero-order valence-electron chi connectivity index (χ0n) is 12.2. The van der Waals surface area contributed by atoms with Crippen LogP contribution >= 0.6 is 0 Å². The van der Waals surface area contributed by atoms with Crippen LogP contribution in [0, 0.1) is 5.82 Å². The molecule has 3 heteroatoms. The summed E-state index contributed by atoms with van der Waals surface area (Å²) in [6.07, 6.45) is 2.62. The van der Waals surface area contributed by atoms with Gasteiger partial charge in [0.2, 0.25) is 0 Å². The first-order valence-corrected chi connectivity index (χ1v) is 7.40. The van der Waals surface area contributed by atoms with Gasteiger partial charge in [-0.3, -0.25) is 0 Å². The minimum absolute atomic E-state index is 0.0792. The molecule has 0 aromatic heterocycles. The number of halogens is 1. The highest BCUT2D eigenvalue weighted by molar-refractivity contribution is 5.54. The van der Waals surface area contributed by atoms with E-state index in [-0.39, 0.29) is 11.9 Å². The van der Waals surface area contributed by atoms with Gasteiger partial charge in [-0.05, 0) is 48.1 Å². The summed E-state index contributed by atoms with van der Waals surface area (Å²) in [5.74, 6) is -0.0792. The van der Waals surface area contributed by atoms with Crippen LogP contribution in [0.15, 0.2) is 42.5 Å². The molecular weight excluding hydrogens is 265 g/mol. The van der Waals surface area contributed by atoms with E-state index in [0.29, 0.717) is 6.61 Å². The zero-order valence-corrected chi connectivity index (χ0v) is 12.2. The lowest BCUT2D eigenvalue weighted by molar-refractivity contribution is 0.202.